The van der Waals surface area contributed by atoms with Crippen LogP contribution >= 0.6 is 19.4 Å². The van der Waals surface area contributed by atoms with E-state index in [1.54, 1.807) is 0 Å². The van der Waals surface area contributed by atoms with Crippen molar-refractivity contribution < 1.29 is 22.8 Å². The predicted molar refractivity (Wildman–Crippen MR) is 136 cm³/mol. The third-order valence-corrected chi connectivity index (χ3v) is 11.8. The molecule has 1 heterocycles. The third kappa shape index (κ3) is 6.35. The average Bonchev–Trinajstić information content (AvgIpc) is 3.25. The fourth-order valence-electron chi connectivity index (χ4n) is 3.85. The summed E-state index contributed by atoms with van der Waals surface area (Å²) >= 11 is 1.50. The summed E-state index contributed by atoms with van der Waals surface area (Å²) in [6, 6.07) is 20.9. The topological polar surface area (TPSA) is 54.0 Å². The number of benzene rings is 2. The van der Waals surface area contributed by atoms with Crippen molar-refractivity contribution in [2.24, 2.45) is 5.41 Å². The lowest BCUT2D eigenvalue weighted by molar-refractivity contribution is -0.0470. The highest BCUT2D eigenvalue weighted by Crippen LogP contribution is 2.60. The Kier molecular flexibility index (Phi) is 9.21. The smallest absolute Gasteiger partial charge is 0.369 e. The van der Waals surface area contributed by atoms with Crippen LogP contribution in [0.25, 0.3) is 0 Å². The molecule has 3 rings (SSSR count). The fourth-order valence-corrected chi connectivity index (χ4v) is 10.1. The summed E-state index contributed by atoms with van der Waals surface area (Å²) in [5.74, 6) is 0.682. The summed E-state index contributed by atoms with van der Waals surface area (Å²) in [6.45, 7) is 10.8. The average molecular weight is 495 g/mol. The van der Waals surface area contributed by atoms with Crippen molar-refractivity contribution in [1.29, 1.82) is 0 Å². The molecule has 1 aliphatic heterocycles. The van der Waals surface area contributed by atoms with Crippen molar-refractivity contribution in [3.05, 3.63) is 60.7 Å². The van der Waals surface area contributed by atoms with Crippen molar-refractivity contribution in [3.63, 3.8) is 0 Å². The Hall–Kier alpha value is -0.923. The van der Waals surface area contributed by atoms with Crippen LogP contribution in [0.4, 0.5) is 0 Å². The van der Waals surface area contributed by atoms with Crippen molar-refractivity contribution in [2.75, 3.05) is 19.0 Å². The molecule has 1 aliphatic rings. The molecule has 1 fully saturated rings. The molecule has 1 unspecified atom stereocenters. The first-order chi connectivity index (χ1) is 15.3. The van der Waals surface area contributed by atoms with E-state index in [2.05, 4.69) is 69.3 Å². The zero-order chi connectivity index (χ0) is 23.2. The van der Waals surface area contributed by atoms with E-state index >= 15 is 0 Å². The maximum Gasteiger partial charge on any atom is 0.369 e. The van der Waals surface area contributed by atoms with Crippen LogP contribution in [-0.4, -0.2) is 45.4 Å². The van der Waals surface area contributed by atoms with Crippen molar-refractivity contribution in [3.8, 4) is 0 Å². The van der Waals surface area contributed by atoms with Gasteiger partial charge in [0.1, 0.15) is 0 Å². The van der Waals surface area contributed by atoms with E-state index < -0.39 is 21.8 Å². The van der Waals surface area contributed by atoms with E-state index in [0.29, 0.717) is 19.0 Å². The van der Waals surface area contributed by atoms with Crippen LogP contribution < -0.4 is 10.4 Å². The number of ether oxygens (including phenoxy) is 1. The van der Waals surface area contributed by atoms with Crippen LogP contribution in [0.3, 0.4) is 0 Å². The number of thioether (sulfide) groups is 1. The maximum absolute atomic E-state index is 13.3. The third-order valence-electron chi connectivity index (χ3n) is 5.25. The Labute approximate surface area is 198 Å². The summed E-state index contributed by atoms with van der Waals surface area (Å²) in [5.41, 5.74) is -0.170. The normalized spacial score (nSPS) is 20.6. The van der Waals surface area contributed by atoms with Gasteiger partial charge in [0.05, 0.1) is 25.4 Å². The number of hydrogen-bond acceptors (Lipinski definition) is 6. The molecule has 8 heteroatoms. The standard InChI is InChI=1S/C24H35O5PSSi/c1-6-26-30(25,27-7-2)23-28-21(18-31-23)22(24(3,4)5)29-32(19-14-10-8-11-15-19)20-16-12-9-13-17-20/h8-17,21-23,32H,6-7,18H2,1-5H3/t21-,22?,23+/m1/s1. The summed E-state index contributed by atoms with van der Waals surface area (Å²) < 4.78 is 37.7. The first-order valence-corrected chi connectivity index (χ1v) is 15.5. The summed E-state index contributed by atoms with van der Waals surface area (Å²) in [4.78, 5) is 0. The second-order valence-corrected chi connectivity index (χ2v) is 14.7. The zero-order valence-electron chi connectivity index (χ0n) is 19.6. The largest absolute Gasteiger partial charge is 0.405 e. The van der Waals surface area contributed by atoms with Gasteiger partial charge in [0.2, 0.25) is 14.2 Å². The minimum atomic E-state index is -3.35. The van der Waals surface area contributed by atoms with E-state index in [1.807, 2.05) is 26.0 Å². The van der Waals surface area contributed by atoms with Gasteiger partial charge in [-0.1, -0.05) is 81.4 Å². The predicted octanol–water partition coefficient (Wildman–Crippen LogP) is 4.64. The van der Waals surface area contributed by atoms with Gasteiger partial charge in [0.15, 0.2) is 0 Å². The van der Waals surface area contributed by atoms with Gasteiger partial charge in [-0.25, -0.2) is 0 Å². The molecule has 0 aromatic heterocycles. The molecule has 0 amide bonds. The molecule has 2 aromatic rings. The summed E-state index contributed by atoms with van der Waals surface area (Å²) in [7, 11) is -5.32. The van der Waals surface area contributed by atoms with E-state index in [1.165, 1.54) is 22.1 Å². The van der Waals surface area contributed by atoms with Crippen LogP contribution in [0, 0.1) is 5.41 Å². The van der Waals surface area contributed by atoms with Gasteiger partial charge in [-0.15, -0.1) is 11.8 Å². The van der Waals surface area contributed by atoms with Gasteiger partial charge in [0.25, 0.3) is 0 Å². The fraction of sp³-hybridized carbons (Fsp3) is 0.500. The summed E-state index contributed by atoms with van der Waals surface area (Å²) in [5, 5.41) is 1.82. The molecule has 0 bridgehead atoms. The van der Waals surface area contributed by atoms with Gasteiger partial charge in [-0.2, -0.15) is 0 Å². The van der Waals surface area contributed by atoms with Crippen molar-refractivity contribution in [2.45, 2.75) is 52.0 Å². The molecule has 0 saturated carbocycles. The first-order valence-electron chi connectivity index (χ1n) is 11.2. The Morgan fingerprint density at radius 2 is 1.50 bits per heavy atom. The van der Waals surface area contributed by atoms with Crippen LogP contribution in [-0.2, 0) is 22.8 Å². The van der Waals surface area contributed by atoms with Crippen molar-refractivity contribution in [1.82, 2.24) is 0 Å². The molecular formula is C24H35O5PSSi. The lowest BCUT2D eigenvalue weighted by Gasteiger charge is -2.38. The van der Waals surface area contributed by atoms with Crippen molar-refractivity contribution >= 4 is 38.8 Å². The Morgan fingerprint density at radius 1 is 1.00 bits per heavy atom. The van der Waals surface area contributed by atoms with Gasteiger partial charge in [-0.05, 0) is 29.6 Å². The highest BCUT2D eigenvalue weighted by atomic mass is 32.2. The zero-order valence-corrected chi connectivity index (χ0v) is 22.5. The van der Waals surface area contributed by atoms with Gasteiger partial charge in [0, 0.05) is 5.75 Å². The molecular weight excluding hydrogens is 459 g/mol. The summed E-state index contributed by atoms with van der Waals surface area (Å²) in [6.07, 6.45) is -0.379. The molecule has 1 saturated heterocycles. The molecule has 32 heavy (non-hydrogen) atoms. The molecule has 5 nitrogen and oxygen atoms in total. The second kappa shape index (κ2) is 11.5. The van der Waals surface area contributed by atoms with E-state index in [-0.39, 0.29) is 17.6 Å². The molecule has 0 N–H and O–H groups in total. The van der Waals surface area contributed by atoms with Crippen LogP contribution in [0.15, 0.2) is 60.7 Å². The van der Waals surface area contributed by atoms with Gasteiger partial charge in [-0.3, -0.25) is 4.57 Å². The first kappa shape index (κ1) is 25.7. The second-order valence-electron chi connectivity index (χ2n) is 8.81. The quantitative estimate of drug-likeness (QED) is 0.354. The van der Waals surface area contributed by atoms with Gasteiger partial charge < -0.3 is 18.2 Å². The Morgan fingerprint density at radius 3 is 1.94 bits per heavy atom. The van der Waals surface area contributed by atoms with E-state index in [9.17, 15) is 4.57 Å². The monoisotopic (exact) mass is 494 g/mol. The SMILES string of the molecule is CCOP(=O)(OCC)[C@@H]1O[C@@H](C(O[SiH](c2ccccc2)c2ccccc2)C(C)(C)C)CS1. The van der Waals surface area contributed by atoms with E-state index in [4.69, 9.17) is 18.2 Å². The molecule has 0 radical (unpaired) electrons. The Balaban J connectivity index is 1.87. The lowest BCUT2D eigenvalue weighted by atomic mass is 9.86. The maximum atomic E-state index is 13.3. The van der Waals surface area contributed by atoms with E-state index in [0.717, 1.165) is 0 Å². The minimum absolute atomic E-state index is 0.170. The number of rotatable bonds is 10. The van der Waals surface area contributed by atoms with Crippen LogP contribution in [0.2, 0.25) is 0 Å². The molecule has 3 atom stereocenters. The molecule has 176 valence electrons. The van der Waals surface area contributed by atoms with Gasteiger partial charge >= 0.3 is 7.60 Å². The number of hydrogen-bond donors (Lipinski definition) is 0. The molecule has 2 aromatic carbocycles. The lowest BCUT2D eigenvalue weighted by Crippen LogP contribution is -2.53. The Bertz CT molecular complexity index is 827. The minimum Gasteiger partial charge on any atom is -0.405 e. The molecule has 0 aliphatic carbocycles. The molecule has 0 spiro atoms. The van der Waals surface area contributed by atoms with Crippen LogP contribution in [0.1, 0.15) is 34.6 Å². The highest BCUT2D eigenvalue weighted by molar-refractivity contribution is 8.05. The highest BCUT2D eigenvalue weighted by Gasteiger charge is 2.48. The van der Waals surface area contributed by atoms with Crippen LogP contribution in [0.5, 0.6) is 0 Å².